The first-order valence-corrected chi connectivity index (χ1v) is 11.2. The van der Waals surface area contributed by atoms with Crippen molar-refractivity contribution in [1.29, 1.82) is 0 Å². The van der Waals surface area contributed by atoms with Gasteiger partial charge in [0.05, 0.1) is 30.9 Å². The maximum Gasteiger partial charge on any atom is 0.278 e. The number of ether oxygens (including phenoxy) is 2. The molecule has 0 saturated carbocycles. The molecular weight excluding hydrogens is 404 g/mol. The number of amides is 2. The van der Waals surface area contributed by atoms with Gasteiger partial charge in [-0.3, -0.25) is 14.5 Å². The fourth-order valence-corrected chi connectivity index (χ4v) is 4.20. The zero-order chi connectivity index (χ0) is 22.8. The summed E-state index contributed by atoms with van der Waals surface area (Å²) in [5.74, 6) is 0.187. The van der Waals surface area contributed by atoms with E-state index in [2.05, 4.69) is 6.07 Å². The van der Waals surface area contributed by atoms with Gasteiger partial charge in [-0.1, -0.05) is 30.3 Å². The van der Waals surface area contributed by atoms with Crippen molar-refractivity contribution in [3.05, 3.63) is 65.4 Å². The van der Waals surface area contributed by atoms with E-state index in [0.717, 1.165) is 17.9 Å². The van der Waals surface area contributed by atoms with E-state index in [1.807, 2.05) is 75.1 Å². The van der Waals surface area contributed by atoms with Gasteiger partial charge in [0.1, 0.15) is 11.4 Å². The van der Waals surface area contributed by atoms with E-state index in [1.54, 1.807) is 0 Å². The molecule has 2 heterocycles. The topological polar surface area (TPSA) is 59.1 Å². The van der Waals surface area contributed by atoms with Crippen LogP contribution < -0.4 is 9.64 Å². The van der Waals surface area contributed by atoms with Crippen molar-refractivity contribution < 1.29 is 19.1 Å². The molecule has 6 nitrogen and oxygen atoms in total. The zero-order valence-corrected chi connectivity index (χ0v) is 19.1. The number of para-hydroxylation sites is 1. The van der Waals surface area contributed by atoms with E-state index in [9.17, 15) is 9.59 Å². The molecule has 0 N–H and O–H groups in total. The van der Waals surface area contributed by atoms with E-state index >= 15 is 0 Å². The Kier molecular flexibility index (Phi) is 6.33. The first-order valence-electron chi connectivity index (χ1n) is 11.2. The Morgan fingerprint density at radius 3 is 2.31 bits per heavy atom. The van der Waals surface area contributed by atoms with Crippen LogP contribution in [0.2, 0.25) is 0 Å². The first kappa shape index (κ1) is 22.1. The van der Waals surface area contributed by atoms with E-state index in [-0.39, 0.29) is 30.6 Å². The molecule has 0 unspecified atom stereocenters. The second kappa shape index (κ2) is 9.17. The van der Waals surface area contributed by atoms with Crippen molar-refractivity contribution in [3.8, 4) is 5.75 Å². The minimum absolute atomic E-state index is 0.0358. The van der Waals surface area contributed by atoms with Crippen LogP contribution in [0, 0.1) is 0 Å². The van der Waals surface area contributed by atoms with E-state index < -0.39 is 0 Å². The highest BCUT2D eigenvalue weighted by Gasteiger charge is 2.43. The van der Waals surface area contributed by atoms with Crippen LogP contribution in [0.1, 0.15) is 38.8 Å². The van der Waals surface area contributed by atoms with Gasteiger partial charge in [-0.05, 0) is 63.4 Å². The Morgan fingerprint density at radius 2 is 1.62 bits per heavy atom. The number of fused-ring (bicyclic) bond motifs is 1. The van der Waals surface area contributed by atoms with Gasteiger partial charge in [0.2, 0.25) is 0 Å². The van der Waals surface area contributed by atoms with Crippen molar-refractivity contribution >= 4 is 23.1 Å². The van der Waals surface area contributed by atoms with Gasteiger partial charge in [0, 0.05) is 12.2 Å². The molecule has 2 aromatic rings. The van der Waals surface area contributed by atoms with E-state index in [0.29, 0.717) is 30.0 Å². The van der Waals surface area contributed by atoms with Crippen LogP contribution in [-0.2, 0) is 20.7 Å². The highest BCUT2D eigenvalue weighted by Crippen LogP contribution is 2.38. The second-order valence-corrected chi connectivity index (χ2v) is 8.63. The number of carbonyl (C=O) groups excluding carboxylic acids is 2. The van der Waals surface area contributed by atoms with Crippen LogP contribution >= 0.6 is 0 Å². The third kappa shape index (κ3) is 4.28. The van der Waals surface area contributed by atoms with Crippen LogP contribution in [0.5, 0.6) is 5.75 Å². The van der Waals surface area contributed by atoms with Gasteiger partial charge in [0.25, 0.3) is 11.8 Å². The Bertz CT molecular complexity index is 1040. The van der Waals surface area contributed by atoms with Crippen molar-refractivity contribution in [2.45, 2.75) is 46.3 Å². The molecule has 0 radical (unpaired) electrons. The van der Waals surface area contributed by atoms with Crippen LogP contribution in [0.4, 0.5) is 5.69 Å². The summed E-state index contributed by atoms with van der Waals surface area (Å²) in [6, 6.07) is 15.5. The Morgan fingerprint density at radius 1 is 0.906 bits per heavy atom. The molecule has 168 valence electrons. The second-order valence-electron chi connectivity index (χ2n) is 8.63. The summed E-state index contributed by atoms with van der Waals surface area (Å²) in [5.41, 5.74) is 3.77. The Balaban J connectivity index is 1.72. The summed E-state index contributed by atoms with van der Waals surface area (Å²) in [7, 11) is 0. The first-order chi connectivity index (χ1) is 15.4. The number of carbonyl (C=O) groups is 2. The Labute approximate surface area is 189 Å². The maximum absolute atomic E-state index is 13.5. The van der Waals surface area contributed by atoms with Gasteiger partial charge in [-0.25, -0.2) is 0 Å². The molecule has 0 aromatic heterocycles. The Hall–Kier alpha value is -3.12. The largest absolute Gasteiger partial charge is 0.491 e. The SMILES string of the molecule is CC(C)OCCN1C(=O)C(c2ccc(OC(C)C)cc2)=C(N2CCc3ccccc32)C1=O. The van der Waals surface area contributed by atoms with Crippen LogP contribution in [0.3, 0.4) is 0 Å². The lowest BCUT2D eigenvalue weighted by Crippen LogP contribution is -2.37. The number of imide groups is 1. The lowest BCUT2D eigenvalue weighted by Gasteiger charge is -2.22. The summed E-state index contributed by atoms with van der Waals surface area (Å²) in [6.45, 7) is 9.02. The summed E-state index contributed by atoms with van der Waals surface area (Å²) in [4.78, 5) is 30.3. The molecule has 4 rings (SSSR count). The van der Waals surface area contributed by atoms with Gasteiger partial charge in [0.15, 0.2) is 0 Å². The van der Waals surface area contributed by atoms with E-state index in [1.165, 1.54) is 10.5 Å². The molecule has 0 bridgehead atoms. The number of hydrogen-bond donors (Lipinski definition) is 0. The lowest BCUT2D eigenvalue weighted by atomic mass is 10.0. The van der Waals surface area contributed by atoms with Crippen molar-refractivity contribution in [3.63, 3.8) is 0 Å². The van der Waals surface area contributed by atoms with Gasteiger partial charge < -0.3 is 14.4 Å². The number of anilines is 1. The zero-order valence-electron chi connectivity index (χ0n) is 19.1. The monoisotopic (exact) mass is 434 g/mol. The predicted octanol–water partition coefficient (Wildman–Crippen LogP) is 4.04. The fourth-order valence-electron chi connectivity index (χ4n) is 4.20. The van der Waals surface area contributed by atoms with Gasteiger partial charge in [-0.2, -0.15) is 0 Å². The highest BCUT2D eigenvalue weighted by atomic mass is 16.5. The van der Waals surface area contributed by atoms with Crippen molar-refractivity contribution in [2.75, 3.05) is 24.6 Å². The number of hydrogen-bond acceptors (Lipinski definition) is 5. The third-order valence-electron chi connectivity index (χ3n) is 5.58. The molecule has 0 spiro atoms. The smallest absolute Gasteiger partial charge is 0.278 e. The van der Waals surface area contributed by atoms with Gasteiger partial charge >= 0.3 is 0 Å². The van der Waals surface area contributed by atoms with Gasteiger partial charge in [-0.15, -0.1) is 0 Å². The molecule has 2 amide bonds. The molecule has 0 aliphatic carbocycles. The summed E-state index contributed by atoms with van der Waals surface area (Å²) < 4.78 is 11.4. The molecule has 6 heteroatoms. The molecule has 2 aliphatic rings. The summed E-state index contributed by atoms with van der Waals surface area (Å²) >= 11 is 0. The average Bonchev–Trinajstić information content (AvgIpc) is 3.27. The van der Waals surface area contributed by atoms with Crippen LogP contribution in [-0.4, -0.2) is 48.6 Å². The highest BCUT2D eigenvalue weighted by molar-refractivity contribution is 6.36. The molecular formula is C26H30N2O4. The quantitative estimate of drug-likeness (QED) is 0.587. The summed E-state index contributed by atoms with van der Waals surface area (Å²) in [5, 5.41) is 0. The van der Waals surface area contributed by atoms with Crippen LogP contribution in [0.25, 0.3) is 5.57 Å². The average molecular weight is 435 g/mol. The third-order valence-corrected chi connectivity index (χ3v) is 5.58. The number of nitrogens with zero attached hydrogens (tertiary/aromatic N) is 2. The maximum atomic E-state index is 13.5. The van der Waals surface area contributed by atoms with E-state index in [4.69, 9.17) is 9.47 Å². The normalized spacial score (nSPS) is 16.1. The molecule has 0 fully saturated rings. The molecule has 2 aromatic carbocycles. The molecule has 2 aliphatic heterocycles. The minimum atomic E-state index is -0.278. The summed E-state index contributed by atoms with van der Waals surface area (Å²) in [6.07, 6.45) is 0.933. The van der Waals surface area contributed by atoms with Crippen molar-refractivity contribution in [2.24, 2.45) is 0 Å². The fraction of sp³-hybridized carbons (Fsp3) is 0.385. The number of benzene rings is 2. The standard InChI is InChI=1S/C26H30N2O4/c1-17(2)31-16-15-28-25(29)23(20-9-11-21(12-10-20)32-18(3)4)24(26(28)30)27-14-13-19-7-5-6-8-22(19)27/h5-12,17-18H,13-16H2,1-4H3. The minimum Gasteiger partial charge on any atom is -0.491 e. The molecule has 0 atom stereocenters. The molecule has 0 saturated heterocycles. The van der Waals surface area contributed by atoms with Crippen molar-refractivity contribution in [1.82, 2.24) is 4.90 Å². The van der Waals surface area contributed by atoms with Crippen LogP contribution in [0.15, 0.2) is 54.2 Å². The predicted molar refractivity (Wildman–Crippen MR) is 124 cm³/mol. The number of rotatable bonds is 8. The molecule has 32 heavy (non-hydrogen) atoms. The lowest BCUT2D eigenvalue weighted by molar-refractivity contribution is -0.138.